The highest BCUT2D eigenvalue weighted by Gasteiger charge is 2.31. The first-order valence-corrected chi connectivity index (χ1v) is 8.74. The van der Waals surface area contributed by atoms with Crippen molar-refractivity contribution in [3.8, 4) is 0 Å². The summed E-state index contributed by atoms with van der Waals surface area (Å²) in [7, 11) is -1.64. The van der Waals surface area contributed by atoms with Crippen molar-refractivity contribution < 1.29 is 8.42 Å². The maximum absolute atomic E-state index is 12.6. The lowest BCUT2D eigenvalue weighted by Gasteiger charge is -2.31. The molecule has 0 spiro atoms. The van der Waals surface area contributed by atoms with Crippen LogP contribution < -0.4 is 11.1 Å². The molecule has 1 fully saturated rings. The fourth-order valence-corrected chi connectivity index (χ4v) is 4.46. The number of anilines is 1. The molecule has 0 radical (unpaired) electrons. The van der Waals surface area contributed by atoms with Crippen LogP contribution in [0.25, 0.3) is 0 Å². The van der Waals surface area contributed by atoms with E-state index in [1.807, 2.05) is 7.05 Å². The summed E-state index contributed by atoms with van der Waals surface area (Å²) in [5.41, 5.74) is 5.71. The van der Waals surface area contributed by atoms with Gasteiger partial charge in [-0.05, 0) is 54.3 Å². The number of nitrogens with one attached hydrogen (secondary N) is 1. The molecule has 0 aliphatic carbocycles. The Kier molecular flexibility index (Phi) is 5.00. The monoisotopic (exact) mass is 362 g/mol. The Labute approximate surface area is 127 Å². The molecule has 0 unspecified atom stereocenters. The molecule has 2 rings (SSSR count). The van der Waals surface area contributed by atoms with Crippen LogP contribution in [0, 0.1) is 5.92 Å². The largest absolute Gasteiger partial charge is 0.383 e. The van der Waals surface area contributed by atoms with E-state index in [9.17, 15) is 8.42 Å². The summed E-state index contributed by atoms with van der Waals surface area (Å²) in [6.45, 7) is 1.98. The Hall–Kier alpha value is -0.700. The summed E-state index contributed by atoms with van der Waals surface area (Å²) in [5, 5.41) is 3.14. The van der Waals surface area contributed by atoms with Gasteiger partial charge in [0, 0.05) is 23.8 Å². The van der Waals surface area contributed by atoms with Crippen molar-refractivity contribution in [2.45, 2.75) is 17.7 Å². The number of hydrogen-bond acceptors (Lipinski definition) is 5. The summed E-state index contributed by atoms with van der Waals surface area (Å²) in [6, 6.07) is 1.51. The minimum absolute atomic E-state index is 0.0468. The molecule has 1 aromatic rings. The van der Waals surface area contributed by atoms with Gasteiger partial charge in [0.15, 0.2) is 0 Å². The second-order valence-electron chi connectivity index (χ2n) is 4.94. The van der Waals surface area contributed by atoms with Gasteiger partial charge in [0.1, 0.15) is 10.7 Å². The van der Waals surface area contributed by atoms with E-state index in [2.05, 4.69) is 26.2 Å². The predicted molar refractivity (Wildman–Crippen MR) is 81.8 cm³/mol. The van der Waals surface area contributed by atoms with Crippen LogP contribution in [0.3, 0.4) is 0 Å². The molecular weight excluding hydrogens is 344 g/mol. The van der Waals surface area contributed by atoms with Crippen LogP contribution in [0.5, 0.6) is 0 Å². The number of hydrogen-bond donors (Lipinski definition) is 2. The molecule has 0 atom stereocenters. The molecule has 0 saturated carbocycles. The molecule has 0 aromatic carbocycles. The Morgan fingerprint density at radius 2 is 2.15 bits per heavy atom. The molecule has 6 nitrogen and oxygen atoms in total. The maximum atomic E-state index is 12.6. The summed E-state index contributed by atoms with van der Waals surface area (Å²) in [6.07, 6.45) is 3.22. The zero-order valence-electron chi connectivity index (χ0n) is 11.3. The van der Waals surface area contributed by atoms with Crippen LogP contribution in [0.2, 0.25) is 0 Å². The molecule has 1 aliphatic heterocycles. The van der Waals surface area contributed by atoms with Gasteiger partial charge in [0.2, 0.25) is 10.0 Å². The van der Waals surface area contributed by atoms with Gasteiger partial charge < -0.3 is 11.1 Å². The van der Waals surface area contributed by atoms with E-state index in [1.54, 1.807) is 0 Å². The maximum Gasteiger partial charge on any atom is 0.246 e. The molecule has 1 aliphatic rings. The second kappa shape index (κ2) is 6.38. The highest BCUT2D eigenvalue weighted by atomic mass is 79.9. The number of aromatic nitrogens is 1. The summed E-state index contributed by atoms with van der Waals surface area (Å²) in [5.74, 6) is 0.579. The van der Waals surface area contributed by atoms with Crippen molar-refractivity contribution in [2.24, 2.45) is 5.92 Å². The van der Waals surface area contributed by atoms with Crippen LogP contribution in [-0.4, -0.2) is 44.4 Å². The van der Waals surface area contributed by atoms with E-state index in [4.69, 9.17) is 5.73 Å². The first-order valence-electron chi connectivity index (χ1n) is 6.51. The fraction of sp³-hybridized carbons (Fsp3) is 0.583. The third kappa shape index (κ3) is 3.30. The lowest BCUT2D eigenvalue weighted by molar-refractivity contribution is 0.271. The molecule has 1 saturated heterocycles. The number of piperidine rings is 1. The molecule has 1 aromatic heterocycles. The van der Waals surface area contributed by atoms with Gasteiger partial charge in [0.05, 0.1) is 0 Å². The second-order valence-corrected chi connectivity index (χ2v) is 7.76. The average Bonchev–Trinajstić information content (AvgIpc) is 2.42. The minimum Gasteiger partial charge on any atom is -0.383 e. The van der Waals surface area contributed by atoms with Crippen LogP contribution in [-0.2, 0) is 10.0 Å². The molecule has 3 N–H and O–H groups in total. The third-order valence-electron chi connectivity index (χ3n) is 3.53. The lowest BCUT2D eigenvalue weighted by Crippen LogP contribution is -2.40. The molecule has 8 heteroatoms. The quantitative estimate of drug-likeness (QED) is 0.835. The Balaban J connectivity index is 2.18. The van der Waals surface area contributed by atoms with Crippen LogP contribution >= 0.6 is 15.9 Å². The summed E-state index contributed by atoms with van der Waals surface area (Å²) >= 11 is 3.23. The third-order valence-corrected chi connectivity index (χ3v) is 5.89. The molecule has 112 valence electrons. The van der Waals surface area contributed by atoms with Gasteiger partial charge in [-0.25, -0.2) is 13.4 Å². The van der Waals surface area contributed by atoms with Crippen molar-refractivity contribution in [3.63, 3.8) is 0 Å². The van der Waals surface area contributed by atoms with Gasteiger partial charge >= 0.3 is 0 Å². The van der Waals surface area contributed by atoms with E-state index < -0.39 is 10.0 Å². The van der Waals surface area contributed by atoms with E-state index >= 15 is 0 Å². The summed E-state index contributed by atoms with van der Waals surface area (Å²) in [4.78, 5) is 3.98. The van der Waals surface area contributed by atoms with E-state index in [1.165, 1.54) is 16.6 Å². The predicted octanol–water partition coefficient (Wildman–Crippen LogP) is 1.05. The van der Waals surface area contributed by atoms with Crippen molar-refractivity contribution >= 4 is 31.8 Å². The Morgan fingerprint density at radius 1 is 1.50 bits per heavy atom. The molecule has 0 bridgehead atoms. The number of rotatable bonds is 4. The van der Waals surface area contributed by atoms with Crippen LogP contribution in [0.15, 0.2) is 21.6 Å². The van der Waals surface area contributed by atoms with Crippen LogP contribution in [0.4, 0.5) is 5.82 Å². The highest BCUT2D eigenvalue weighted by Crippen LogP contribution is 2.27. The normalized spacial score (nSPS) is 18.3. The van der Waals surface area contributed by atoms with Crippen molar-refractivity contribution in [3.05, 3.63) is 16.7 Å². The smallest absolute Gasteiger partial charge is 0.246 e. The van der Waals surface area contributed by atoms with E-state index in [-0.39, 0.29) is 10.7 Å². The molecular formula is C12H19BrN4O2S. The summed E-state index contributed by atoms with van der Waals surface area (Å²) < 4.78 is 27.3. The number of nitrogen functional groups attached to an aromatic ring is 1. The first kappa shape index (κ1) is 15.7. The van der Waals surface area contributed by atoms with Crippen molar-refractivity contribution in [2.75, 3.05) is 32.4 Å². The zero-order valence-corrected chi connectivity index (χ0v) is 13.7. The first-order chi connectivity index (χ1) is 9.45. The molecule has 0 amide bonds. The van der Waals surface area contributed by atoms with Gasteiger partial charge in [-0.3, -0.25) is 0 Å². The fourth-order valence-electron chi connectivity index (χ4n) is 2.42. The zero-order chi connectivity index (χ0) is 14.8. The Morgan fingerprint density at radius 3 is 2.75 bits per heavy atom. The van der Waals surface area contributed by atoms with Gasteiger partial charge in [-0.2, -0.15) is 4.31 Å². The van der Waals surface area contributed by atoms with Crippen molar-refractivity contribution in [1.82, 2.24) is 14.6 Å². The number of halogens is 1. The SMILES string of the molecule is CNCC1CCN(S(=O)(=O)c2cc(Br)cnc2N)CC1. The number of pyridine rings is 1. The van der Waals surface area contributed by atoms with E-state index in [0.717, 1.165) is 19.4 Å². The van der Waals surface area contributed by atoms with Gasteiger partial charge in [-0.1, -0.05) is 0 Å². The van der Waals surface area contributed by atoms with Crippen molar-refractivity contribution in [1.29, 1.82) is 0 Å². The number of sulfonamides is 1. The minimum atomic E-state index is -3.56. The Bertz CT molecular complexity index is 571. The molecule has 20 heavy (non-hydrogen) atoms. The molecule has 2 heterocycles. The highest BCUT2D eigenvalue weighted by molar-refractivity contribution is 9.10. The number of nitrogens with zero attached hydrogens (tertiary/aromatic N) is 2. The van der Waals surface area contributed by atoms with Gasteiger partial charge in [0.25, 0.3) is 0 Å². The van der Waals surface area contributed by atoms with Crippen LogP contribution in [0.1, 0.15) is 12.8 Å². The lowest BCUT2D eigenvalue weighted by atomic mass is 9.98. The average molecular weight is 363 g/mol. The van der Waals surface area contributed by atoms with E-state index in [0.29, 0.717) is 23.5 Å². The standard InChI is InChI=1S/C12H19BrN4O2S/c1-15-7-9-2-4-17(5-3-9)20(18,19)11-6-10(13)8-16-12(11)14/h6,8-9,15H,2-5,7H2,1H3,(H2,14,16). The van der Waals surface area contributed by atoms with Gasteiger partial charge in [-0.15, -0.1) is 0 Å². The topological polar surface area (TPSA) is 88.3 Å². The number of nitrogens with two attached hydrogens (primary N) is 1.